The molecule has 0 spiro atoms. The number of aromatic amines is 1. The molecule has 0 unspecified atom stereocenters. The predicted octanol–water partition coefficient (Wildman–Crippen LogP) is 3.58. The van der Waals surface area contributed by atoms with Gasteiger partial charge < -0.3 is 10.3 Å². The highest BCUT2D eigenvalue weighted by Gasteiger charge is 2.34. The van der Waals surface area contributed by atoms with Crippen LogP contribution in [-0.4, -0.2) is 27.4 Å². The molecular formula is C18H12F4N4O. The van der Waals surface area contributed by atoms with Crippen molar-refractivity contribution in [3.8, 4) is 22.8 Å². The zero-order valence-corrected chi connectivity index (χ0v) is 13.7. The monoisotopic (exact) mass is 376 g/mol. The molecule has 0 fully saturated rings. The summed E-state index contributed by atoms with van der Waals surface area (Å²) in [5.41, 5.74) is 0.923. The minimum Gasteiger partial charge on any atom is -0.356 e. The van der Waals surface area contributed by atoms with Crippen molar-refractivity contribution in [1.82, 2.24) is 20.3 Å². The molecule has 4 rings (SSSR count). The topological polar surface area (TPSA) is 70.7 Å². The van der Waals surface area contributed by atoms with E-state index in [-0.39, 0.29) is 17.3 Å². The predicted molar refractivity (Wildman–Crippen MR) is 88.3 cm³/mol. The number of hydrogen-bond donors (Lipinski definition) is 2. The summed E-state index contributed by atoms with van der Waals surface area (Å²) in [4.78, 5) is 23.3. The molecule has 3 heterocycles. The minimum absolute atomic E-state index is 0.0232. The average Bonchev–Trinajstić information content (AvgIpc) is 3.07. The fraction of sp³-hybridized carbons (Fsp3) is 0.167. The summed E-state index contributed by atoms with van der Waals surface area (Å²) >= 11 is 0. The summed E-state index contributed by atoms with van der Waals surface area (Å²) in [5.74, 6) is -1.53. The summed E-state index contributed by atoms with van der Waals surface area (Å²) < 4.78 is 52.3. The Morgan fingerprint density at radius 1 is 1.11 bits per heavy atom. The largest absolute Gasteiger partial charge is 0.419 e. The van der Waals surface area contributed by atoms with E-state index in [1.165, 1.54) is 12.3 Å². The van der Waals surface area contributed by atoms with Gasteiger partial charge in [-0.15, -0.1) is 0 Å². The summed E-state index contributed by atoms with van der Waals surface area (Å²) in [5, 5.41) is 2.73. The van der Waals surface area contributed by atoms with Crippen molar-refractivity contribution in [2.45, 2.75) is 12.6 Å². The van der Waals surface area contributed by atoms with Gasteiger partial charge in [0.1, 0.15) is 5.82 Å². The van der Waals surface area contributed by atoms with Crippen LogP contribution in [0.3, 0.4) is 0 Å². The van der Waals surface area contributed by atoms with Crippen LogP contribution in [0.4, 0.5) is 17.6 Å². The lowest BCUT2D eigenvalue weighted by molar-refractivity contribution is -0.139. The number of hydrogen-bond acceptors (Lipinski definition) is 3. The van der Waals surface area contributed by atoms with Gasteiger partial charge in [-0.05, 0) is 30.3 Å². The first-order chi connectivity index (χ1) is 12.8. The quantitative estimate of drug-likeness (QED) is 0.672. The molecule has 9 heteroatoms. The molecule has 3 aromatic rings. The molecule has 27 heavy (non-hydrogen) atoms. The number of fused-ring (bicyclic) bond motifs is 1. The fourth-order valence-corrected chi connectivity index (χ4v) is 2.96. The highest BCUT2D eigenvalue weighted by Crippen LogP contribution is 2.34. The van der Waals surface area contributed by atoms with Crippen molar-refractivity contribution in [2.24, 2.45) is 0 Å². The number of amides is 1. The Balaban J connectivity index is 1.75. The molecular weight excluding hydrogens is 364 g/mol. The Hall–Kier alpha value is -3.23. The molecule has 5 nitrogen and oxygen atoms in total. The van der Waals surface area contributed by atoms with Crippen LogP contribution >= 0.6 is 0 Å². The minimum atomic E-state index is -4.82. The van der Waals surface area contributed by atoms with Gasteiger partial charge in [-0.1, -0.05) is 0 Å². The van der Waals surface area contributed by atoms with Gasteiger partial charge in [0.05, 0.1) is 22.5 Å². The molecule has 1 aromatic carbocycles. The van der Waals surface area contributed by atoms with Crippen molar-refractivity contribution in [1.29, 1.82) is 0 Å². The lowest BCUT2D eigenvalue weighted by Gasteiger charge is -2.11. The summed E-state index contributed by atoms with van der Waals surface area (Å²) in [7, 11) is 0. The maximum atomic E-state index is 13.5. The second kappa shape index (κ2) is 6.19. The molecule has 0 radical (unpaired) electrons. The lowest BCUT2D eigenvalue weighted by atomic mass is 10.1. The lowest BCUT2D eigenvalue weighted by Crippen LogP contribution is -2.31. The number of benzene rings is 1. The van der Waals surface area contributed by atoms with Crippen molar-refractivity contribution in [2.75, 3.05) is 6.54 Å². The van der Waals surface area contributed by atoms with Crippen LogP contribution in [0.15, 0.2) is 36.5 Å². The molecule has 1 amide bonds. The summed E-state index contributed by atoms with van der Waals surface area (Å²) in [6, 6.07) is 5.83. The Labute approximate surface area is 150 Å². The van der Waals surface area contributed by atoms with Gasteiger partial charge in [0, 0.05) is 30.4 Å². The molecule has 0 atom stereocenters. The molecule has 0 aliphatic carbocycles. The van der Waals surface area contributed by atoms with E-state index in [0.29, 0.717) is 36.0 Å². The third-order valence-electron chi connectivity index (χ3n) is 4.27. The molecule has 1 aliphatic heterocycles. The third-order valence-corrected chi connectivity index (χ3v) is 4.27. The number of halogens is 4. The number of carbonyl (C=O) groups excluding carboxylic acids is 1. The number of rotatable bonds is 2. The van der Waals surface area contributed by atoms with Crippen LogP contribution in [0.1, 0.15) is 21.6 Å². The van der Waals surface area contributed by atoms with E-state index in [2.05, 4.69) is 20.3 Å². The molecule has 2 N–H and O–H groups in total. The molecule has 0 bridgehead atoms. The average molecular weight is 376 g/mol. The van der Waals surface area contributed by atoms with Crippen LogP contribution in [0.25, 0.3) is 22.8 Å². The Morgan fingerprint density at radius 2 is 1.93 bits per heavy atom. The van der Waals surface area contributed by atoms with Gasteiger partial charge >= 0.3 is 6.18 Å². The number of aromatic nitrogens is 3. The van der Waals surface area contributed by atoms with Gasteiger partial charge in [-0.25, -0.2) is 14.4 Å². The van der Waals surface area contributed by atoms with Gasteiger partial charge in [0.2, 0.25) is 0 Å². The maximum Gasteiger partial charge on any atom is 0.419 e. The number of nitrogens with zero attached hydrogens (tertiary/aromatic N) is 2. The van der Waals surface area contributed by atoms with E-state index in [4.69, 9.17) is 0 Å². The van der Waals surface area contributed by atoms with Crippen LogP contribution in [0, 0.1) is 5.82 Å². The standard InChI is InChI=1S/C18H12F4N4O/c19-12-2-1-9(7-11(12)18(20,21)22)16-23-5-4-14(26-16)15-8-10-13(25-15)3-6-24-17(10)27/h1-2,4-5,7-8,25H,3,6H2,(H,24,27). The number of H-pyrrole nitrogens is 1. The molecule has 138 valence electrons. The summed E-state index contributed by atoms with van der Waals surface area (Å²) in [6.45, 7) is 0.524. The molecule has 0 saturated carbocycles. The highest BCUT2D eigenvalue weighted by atomic mass is 19.4. The van der Waals surface area contributed by atoms with Crippen LogP contribution in [0.5, 0.6) is 0 Å². The van der Waals surface area contributed by atoms with Gasteiger partial charge in [-0.3, -0.25) is 4.79 Å². The third kappa shape index (κ3) is 3.16. The van der Waals surface area contributed by atoms with E-state index in [1.807, 2.05) is 0 Å². The molecule has 1 aliphatic rings. The molecule has 0 saturated heterocycles. The second-order valence-electron chi connectivity index (χ2n) is 6.04. The first-order valence-electron chi connectivity index (χ1n) is 8.03. The van der Waals surface area contributed by atoms with Crippen molar-refractivity contribution < 1.29 is 22.4 Å². The number of carbonyl (C=O) groups is 1. The number of nitrogens with one attached hydrogen (secondary N) is 2. The van der Waals surface area contributed by atoms with Gasteiger partial charge in [0.25, 0.3) is 5.91 Å². The van der Waals surface area contributed by atoms with Crippen LogP contribution in [-0.2, 0) is 12.6 Å². The van der Waals surface area contributed by atoms with Crippen molar-refractivity contribution >= 4 is 5.91 Å². The Morgan fingerprint density at radius 3 is 2.67 bits per heavy atom. The van der Waals surface area contributed by atoms with E-state index >= 15 is 0 Å². The maximum absolute atomic E-state index is 13.5. The summed E-state index contributed by atoms with van der Waals surface area (Å²) in [6.07, 6.45) is -2.77. The van der Waals surface area contributed by atoms with E-state index in [9.17, 15) is 22.4 Å². The number of alkyl halides is 3. The fourth-order valence-electron chi connectivity index (χ4n) is 2.96. The van der Waals surface area contributed by atoms with Crippen LogP contribution < -0.4 is 5.32 Å². The first-order valence-corrected chi connectivity index (χ1v) is 8.03. The van der Waals surface area contributed by atoms with Crippen molar-refractivity contribution in [3.63, 3.8) is 0 Å². The zero-order chi connectivity index (χ0) is 19.2. The van der Waals surface area contributed by atoms with E-state index < -0.39 is 17.6 Å². The van der Waals surface area contributed by atoms with E-state index in [1.54, 1.807) is 12.1 Å². The zero-order valence-electron chi connectivity index (χ0n) is 13.7. The van der Waals surface area contributed by atoms with Crippen molar-refractivity contribution in [3.05, 3.63) is 59.2 Å². The van der Waals surface area contributed by atoms with Crippen LogP contribution in [0.2, 0.25) is 0 Å². The smallest absolute Gasteiger partial charge is 0.356 e. The molecule has 2 aromatic heterocycles. The van der Waals surface area contributed by atoms with Gasteiger partial charge in [0.15, 0.2) is 5.82 Å². The highest BCUT2D eigenvalue weighted by molar-refractivity contribution is 5.97. The second-order valence-corrected chi connectivity index (χ2v) is 6.04. The van der Waals surface area contributed by atoms with E-state index in [0.717, 1.165) is 11.8 Å². The Bertz CT molecular complexity index is 1040. The van der Waals surface area contributed by atoms with Gasteiger partial charge in [-0.2, -0.15) is 13.2 Å². The normalized spacial score (nSPS) is 14.0. The SMILES string of the molecule is O=C1NCCc2[nH]c(-c3ccnc(-c4ccc(F)c(C(F)(F)F)c4)n3)cc21. The first kappa shape index (κ1) is 17.2. The Kier molecular flexibility index (Phi) is 3.94.